The van der Waals surface area contributed by atoms with E-state index in [1.807, 2.05) is 0 Å². The molecule has 1 amide bonds. The molecule has 0 radical (unpaired) electrons. The normalized spacial score (nSPS) is 14.1. The van der Waals surface area contributed by atoms with Crippen molar-refractivity contribution < 1.29 is 47.0 Å². The summed E-state index contributed by atoms with van der Waals surface area (Å²) in [6.45, 7) is 2.06. The van der Waals surface area contributed by atoms with E-state index in [4.69, 9.17) is 28.7 Å². The molecule has 1 aliphatic heterocycles. The van der Waals surface area contributed by atoms with Crippen LogP contribution in [0, 0.1) is 5.82 Å². The number of rotatable bonds is 10. The van der Waals surface area contributed by atoms with Crippen molar-refractivity contribution in [3.8, 4) is 23.0 Å². The highest BCUT2D eigenvalue weighted by Gasteiger charge is 2.42. The fourth-order valence-electron chi connectivity index (χ4n) is 3.78. The van der Waals surface area contributed by atoms with Crippen LogP contribution in [0.2, 0.25) is 0 Å². The summed E-state index contributed by atoms with van der Waals surface area (Å²) >= 11 is 0. The number of methoxy groups -OCH3 is 3. The summed E-state index contributed by atoms with van der Waals surface area (Å²) in [6, 6.07) is 5.83. The fourth-order valence-corrected chi connectivity index (χ4v) is 4.05. The molecule has 4 rings (SSSR count). The molecule has 3 aromatic rings. The van der Waals surface area contributed by atoms with Crippen LogP contribution in [0.4, 0.5) is 33.5 Å². The van der Waals surface area contributed by atoms with Gasteiger partial charge in [0.15, 0.2) is 34.5 Å². The Kier molecular flexibility index (Phi) is 8.08. The molecule has 0 atom stereocenters. The second kappa shape index (κ2) is 11.2. The summed E-state index contributed by atoms with van der Waals surface area (Å²) in [5, 5.41) is 5.40. The lowest BCUT2D eigenvalue weighted by molar-refractivity contribution is -0.133. The number of phosphoric acid groups is 1. The van der Waals surface area contributed by atoms with Gasteiger partial charge in [-0.2, -0.15) is 9.37 Å². The highest BCUT2D eigenvalue weighted by atomic mass is 31.2. The number of hydrogen-bond acceptors (Lipinski definition) is 12. The van der Waals surface area contributed by atoms with Crippen molar-refractivity contribution >= 4 is 42.8 Å². The van der Waals surface area contributed by atoms with Crippen molar-refractivity contribution in [1.82, 2.24) is 15.0 Å². The van der Waals surface area contributed by atoms with E-state index in [1.54, 1.807) is 0 Å². The number of fused-ring (bicyclic) bond motifs is 1. The number of H-pyrrole nitrogens is 1. The topological polar surface area (TPSA) is 207 Å². The summed E-state index contributed by atoms with van der Waals surface area (Å²) in [5.74, 6) is -1.90. The average Bonchev–Trinajstić information content (AvgIpc) is 2.90. The van der Waals surface area contributed by atoms with Gasteiger partial charge in [-0.1, -0.05) is 0 Å². The van der Waals surface area contributed by atoms with Crippen LogP contribution in [-0.2, 0) is 13.9 Å². The molecule has 0 saturated carbocycles. The van der Waals surface area contributed by atoms with Gasteiger partial charge >= 0.3 is 7.82 Å². The number of aromatic nitrogens is 3. The maximum absolute atomic E-state index is 14.8. The van der Waals surface area contributed by atoms with E-state index in [0.29, 0.717) is 22.9 Å². The number of ether oxygens (including phenoxy) is 4. The minimum atomic E-state index is -4.95. The van der Waals surface area contributed by atoms with Crippen molar-refractivity contribution in [3.63, 3.8) is 0 Å². The molecule has 1 aromatic carbocycles. The molecular formula is C23H26FN6O10P. The van der Waals surface area contributed by atoms with E-state index in [1.165, 1.54) is 59.4 Å². The highest BCUT2D eigenvalue weighted by Crippen LogP contribution is 2.42. The van der Waals surface area contributed by atoms with Gasteiger partial charge in [-0.15, -0.1) is 0 Å². The van der Waals surface area contributed by atoms with Crippen molar-refractivity contribution in [2.45, 2.75) is 19.4 Å². The van der Waals surface area contributed by atoms with Crippen molar-refractivity contribution in [3.05, 3.63) is 40.4 Å². The zero-order chi connectivity index (χ0) is 30.1. The average molecular weight is 596 g/mol. The number of nitrogens with zero attached hydrogens (tertiary/aromatic N) is 3. The SMILES string of the molecule is COc1cc(Nc2nc(Nc3ccc4c(n3)N(COP(=O)(O)O)C(=O)C(C)(C)O4)c(F)c(=O)[nH]2)cc(OC)c1OC. The highest BCUT2D eigenvalue weighted by molar-refractivity contribution is 7.46. The van der Waals surface area contributed by atoms with E-state index in [-0.39, 0.29) is 23.3 Å². The van der Waals surface area contributed by atoms with E-state index in [9.17, 15) is 18.5 Å². The molecule has 220 valence electrons. The smallest absolute Gasteiger partial charge is 0.471 e. The number of carbonyl (C=O) groups excluding carboxylic acids is 1. The van der Waals surface area contributed by atoms with Gasteiger partial charge in [-0.25, -0.2) is 9.55 Å². The summed E-state index contributed by atoms with van der Waals surface area (Å²) in [4.78, 5) is 54.9. The van der Waals surface area contributed by atoms with Crippen LogP contribution >= 0.6 is 7.82 Å². The third-order valence-corrected chi connectivity index (χ3v) is 6.06. The number of phosphoric ester groups is 1. The lowest BCUT2D eigenvalue weighted by Crippen LogP contribution is -2.53. The molecule has 16 nitrogen and oxygen atoms in total. The van der Waals surface area contributed by atoms with Crippen molar-refractivity contribution in [2.24, 2.45) is 0 Å². The van der Waals surface area contributed by atoms with E-state index >= 15 is 0 Å². The number of carbonyl (C=O) groups is 1. The third-order valence-electron chi connectivity index (χ3n) is 5.61. The fraction of sp³-hybridized carbons (Fsp3) is 0.304. The molecule has 18 heteroatoms. The van der Waals surface area contributed by atoms with Crippen molar-refractivity contribution in [2.75, 3.05) is 43.6 Å². The van der Waals surface area contributed by atoms with Gasteiger partial charge in [0.1, 0.15) is 12.5 Å². The maximum Gasteiger partial charge on any atom is 0.471 e. The van der Waals surface area contributed by atoms with Crippen LogP contribution < -0.4 is 40.0 Å². The first kappa shape index (κ1) is 29.5. The van der Waals surface area contributed by atoms with Gasteiger partial charge in [-0.05, 0) is 26.0 Å². The Labute approximate surface area is 231 Å². The molecule has 2 aromatic heterocycles. The Morgan fingerprint density at radius 1 is 1.07 bits per heavy atom. The number of benzene rings is 1. The second-order valence-corrected chi connectivity index (χ2v) is 10.1. The minimum Gasteiger partial charge on any atom is -0.493 e. The largest absolute Gasteiger partial charge is 0.493 e. The Morgan fingerprint density at radius 2 is 1.73 bits per heavy atom. The molecule has 3 heterocycles. The molecular weight excluding hydrogens is 570 g/mol. The molecule has 5 N–H and O–H groups in total. The number of hydrogen-bond donors (Lipinski definition) is 5. The monoisotopic (exact) mass is 596 g/mol. The van der Waals surface area contributed by atoms with Crippen LogP contribution in [0.25, 0.3) is 0 Å². The van der Waals surface area contributed by atoms with E-state index in [0.717, 1.165) is 4.90 Å². The number of nitrogens with one attached hydrogen (secondary N) is 3. The van der Waals surface area contributed by atoms with Crippen molar-refractivity contribution in [1.29, 1.82) is 0 Å². The van der Waals surface area contributed by atoms with Crippen LogP contribution in [0.1, 0.15) is 13.8 Å². The molecule has 0 aliphatic carbocycles. The lowest BCUT2D eigenvalue weighted by atomic mass is 10.1. The predicted molar refractivity (Wildman–Crippen MR) is 142 cm³/mol. The molecule has 0 bridgehead atoms. The second-order valence-electron chi connectivity index (χ2n) is 8.85. The number of anilines is 5. The summed E-state index contributed by atoms with van der Waals surface area (Å²) in [7, 11) is -0.665. The standard InChI is InChI=1S/C23H26FN6O10P/c1-23(2)21(32)30(10-39-41(33,34)35)19-12(40-23)6-7-15(27-19)26-18-16(24)20(31)29-22(28-18)25-11-8-13(36-3)17(38-5)14(9-11)37-4/h6-9H,10H2,1-5H3,(H2,33,34,35)(H3,25,26,27,28,29,31). The number of pyridine rings is 1. The number of aromatic amines is 1. The van der Waals surface area contributed by atoms with Crippen LogP contribution in [0.3, 0.4) is 0 Å². The quantitative estimate of drug-likeness (QED) is 0.213. The minimum absolute atomic E-state index is 0.0820. The van der Waals surface area contributed by atoms with E-state index < -0.39 is 43.3 Å². The van der Waals surface area contributed by atoms with Crippen LogP contribution in [-0.4, -0.2) is 64.3 Å². The Hall–Kier alpha value is -4.44. The summed E-state index contributed by atoms with van der Waals surface area (Å²) in [5.41, 5.74) is -2.17. The van der Waals surface area contributed by atoms with Gasteiger partial charge in [0.2, 0.25) is 17.5 Å². The van der Waals surface area contributed by atoms with Gasteiger partial charge in [-0.3, -0.25) is 24.0 Å². The Balaban J connectivity index is 1.67. The van der Waals surface area contributed by atoms with E-state index in [2.05, 4.69) is 30.1 Å². The molecule has 1 aliphatic rings. The first-order chi connectivity index (χ1) is 19.3. The Bertz CT molecular complexity index is 1570. The molecule has 41 heavy (non-hydrogen) atoms. The van der Waals surface area contributed by atoms with Crippen LogP contribution in [0.15, 0.2) is 29.1 Å². The van der Waals surface area contributed by atoms with Gasteiger partial charge in [0.05, 0.1) is 21.3 Å². The maximum atomic E-state index is 14.8. The molecule has 0 fully saturated rings. The molecule has 0 spiro atoms. The predicted octanol–water partition coefficient (Wildman–Crippen LogP) is 2.39. The zero-order valence-corrected chi connectivity index (χ0v) is 23.2. The van der Waals surface area contributed by atoms with Crippen LogP contribution in [0.5, 0.6) is 23.0 Å². The molecule has 0 unspecified atom stereocenters. The number of halogens is 1. The zero-order valence-electron chi connectivity index (χ0n) is 22.3. The van der Waals surface area contributed by atoms with Gasteiger partial charge in [0.25, 0.3) is 11.5 Å². The lowest BCUT2D eigenvalue weighted by Gasteiger charge is -2.37. The first-order valence-corrected chi connectivity index (χ1v) is 13.1. The summed E-state index contributed by atoms with van der Waals surface area (Å²) < 4.78 is 52.1. The third kappa shape index (κ3) is 6.33. The van der Waals surface area contributed by atoms with Gasteiger partial charge < -0.3 is 39.4 Å². The molecule has 0 saturated heterocycles. The summed E-state index contributed by atoms with van der Waals surface area (Å²) in [6.07, 6.45) is 0. The van der Waals surface area contributed by atoms with Gasteiger partial charge in [0, 0.05) is 17.8 Å². The Morgan fingerprint density at radius 3 is 2.32 bits per heavy atom. The first-order valence-electron chi connectivity index (χ1n) is 11.6. The number of amides is 1.